The minimum atomic E-state index is -0.104. The Morgan fingerprint density at radius 2 is 2.17 bits per heavy atom. The Morgan fingerprint density at radius 1 is 1.28 bits per heavy atom. The monoisotopic (exact) mass is 258 g/mol. The molecule has 2 nitrogen and oxygen atoms in total. The highest BCUT2D eigenvalue weighted by Crippen LogP contribution is 2.19. The second-order valence-corrected chi connectivity index (χ2v) is 5.00. The quantitative estimate of drug-likeness (QED) is 0.858. The van der Waals surface area contributed by atoms with E-state index in [0.29, 0.717) is 6.61 Å². The maximum atomic E-state index is 8.62. The summed E-state index contributed by atoms with van der Waals surface area (Å²) in [4.78, 5) is 2.07. The number of aliphatic hydroxyl groups is 1. The topological polar surface area (TPSA) is 29.5 Å². The molecule has 0 fully saturated rings. The van der Waals surface area contributed by atoms with E-state index >= 15 is 0 Å². The minimum Gasteiger partial charge on any atom is -0.488 e. The van der Waals surface area contributed by atoms with Crippen LogP contribution in [0.1, 0.15) is 15.3 Å². The molecule has 0 spiro atoms. The van der Waals surface area contributed by atoms with Gasteiger partial charge in [0.15, 0.2) is 0 Å². The van der Waals surface area contributed by atoms with Crippen LogP contribution in [0.25, 0.3) is 0 Å². The molecule has 1 N–H and O–H groups in total. The molecule has 3 heteroatoms. The molecule has 0 amide bonds. The van der Waals surface area contributed by atoms with Crippen LogP contribution in [-0.2, 0) is 6.61 Å². The van der Waals surface area contributed by atoms with Gasteiger partial charge in [-0.15, -0.1) is 11.3 Å². The molecule has 0 aliphatic heterocycles. The second-order valence-electron chi connectivity index (χ2n) is 3.83. The van der Waals surface area contributed by atoms with Gasteiger partial charge >= 0.3 is 0 Å². The van der Waals surface area contributed by atoms with Crippen molar-refractivity contribution in [1.82, 2.24) is 0 Å². The predicted octanol–water partition coefficient (Wildman–Crippen LogP) is 2.98. The van der Waals surface area contributed by atoms with Gasteiger partial charge in [0.25, 0.3) is 0 Å². The highest BCUT2D eigenvalue weighted by molar-refractivity contribution is 7.12. The van der Waals surface area contributed by atoms with E-state index in [0.717, 1.165) is 15.5 Å². The summed E-state index contributed by atoms with van der Waals surface area (Å²) in [5, 5.41) is 8.62. The summed E-state index contributed by atoms with van der Waals surface area (Å²) in [5.74, 6) is 6.40. The molecule has 92 valence electrons. The maximum absolute atomic E-state index is 8.62. The third kappa shape index (κ3) is 3.63. The van der Waals surface area contributed by atoms with Gasteiger partial charge in [0, 0.05) is 4.88 Å². The average Bonchev–Trinajstić information content (AvgIpc) is 2.82. The summed E-state index contributed by atoms with van der Waals surface area (Å²) in [7, 11) is 0. The molecule has 0 aliphatic carbocycles. The van der Waals surface area contributed by atoms with E-state index in [-0.39, 0.29) is 6.61 Å². The van der Waals surface area contributed by atoms with Crippen LogP contribution in [0.4, 0.5) is 0 Å². The van der Waals surface area contributed by atoms with Gasteiger partial charge < -0.3 is 9.84 Å². The van der Waals surface area contributed by atoms with E-state index in [1.807, 2.05) is 43.3 Å². The molecule has 2 rings (SSSR count). The van der Waals surface area contributed by atoms with Crippen LogP contribution in [0.3, 0.4) is 0 Å². The highest BCUT2D eigenvalue weighted by atomic mass is 32.1. The zero-order valence-corrected chi connectivity index (χ0v) is 11.0. The van der Waals surface area contributed by atoms with Crippen molar-refractivity contribution in [2.75, 3.05) is 6.61 Å². The number of aliphatic hydroxyl groups excluding tert-OH is 1. The lowest BCUT2D eigenvalue weighted by Gasteiger charge is -2.04. The molecule has 0 unspecified atom stereocenters. The molecule has 0 saturated carbocycles. The fourth-order valence-corrected chi connectivity index (χ4v) is 2.30. The predicted molar refractivity (Wildman–Crippen MR) is 73.8 cm³/mol. The number of hydrogen-bond donors (Lipinski definition) is 1. The van der Waals surface area contributed by atoms with Gasteiger partial charge in [-0.2, -0.15) is 0 Å². The van der Waals surface area contributed by atoms with Crippen molar-refractivity contribution in [3.63, 3.8) is 0 Å². The van der Waals surface area contributed by atoms with Gasteiger partial charge in [-0.1, -0.05) is 24.0 Å². The first kappa shape index (κ1) is 12.7. The van der Waals surface area contributed by atoms with Gasteiger partial charge in [0.2, 0.25) is 0 Å². The lowest BCUT2D eigenvalue weighted by molar-refractivity contribution is 0.309. The van der Waals surface area contributed by atoms with Crippen LogP contribution >= 0.6 is 11.3 Å². The molecule has 1 aromatic heterocycles. The first-order valence-corrected chi connectivity index (χ1v) is 6.47. The van der Waals surface area contributed by atoms with Gasteiger partial charge in [0.05, 0.1) is 4.88 Å². The molecule has 1 aromatic carbocycles. The Kier molecular flexibility index (Phi) is 4.40. The fraction of sp³-hybridized carbons (Fsp3) is 0.200. The summed E-state index contributed by atoms with van der Waals surface area (Å²) in [6.07, 6.45) is 0. The molecular weight excluding hydrogens is 244 g/mol. The molecule has 0 atom stereocenters. The summed E-state index contributed by atoms with van der Waals surface area (Å²) in [6, 6.07) is 11.9. The van der Waals surface area contributed by atoms with Crippen LogP contribution < -0.4 is 4.74 Å². The smallest absolute Gasteiger partial charge is 0.122 e. The number of rotatable bonds is 3. The van der Waals surface area contributed by atoms with Crippen molar-refractivity contribution in [2.24, 2.45) is 0 Å². The number of benzene rings is 1. The normalized spacial score (nSPS) is 9.67. The molecule has 18 heavy (non-hydrogen) atoms. The molecule has 0 saturated heterocycles. The lowest BCUT2D eigenvalue weighted by atomic mass is 10.2. The van der Waals surface area contributed by atoms with E-state index in [4.69, 9.17) is 9.84 Å². The second kappa shape index (κ2) is 6.25. The Labute approximate surface area is 111 Å². The van der Waals surface area contributed by atoms with Gasteiger partial charge in [0.1, 0.15) is 19.0 Å². The minimum absolute atomic E-state index is 0.104. The largest absolute Gasteiger partial charge is 0.488 e. The molecule has 1 heterocycles. The zero-order valence-electron chi connectivity index (χ0n) is 10.1. The van der Waals surface area contributed by atoms with Crippen molar-refractivity contribution in [3.05, 3.63) is 51.7 Å². The molecule has 0 bridgehead atoms. The van der Waals surface area contributed by atoms with Crippen LogP contribution in [0.15, 0.2) is 36.4 Å². The Balaban J connectivity index is 1.96. The molecule has 0 radical (unpaired) electrons. The summed E-state index contributed by atoms with van der Waals surface area (Å²) < 4.78 is 5.70. The number of thiophene rings is 1. The van der Waals surface area contributed by atoms with E-state index in [9.17, 15) is 0 Å². The van der Waals surface area contributed by atoms with Crippen molar-refractivity contribution in [2.45, 2.75) is 13.5 Å². The van der Waals surface area contributed by atoms with Crippen LogP contribution in [0.5, 0.6) is 5.75 Å². The van der Waals surface area contributed by atoms with E-state index in [2.05, 4.69) is 11.8 Å². The van der Waals surface area contributed by atoms with Crippen molar-refractivity contribution >= 4 is 11.3 Å². The zero-order chi connectivity index (χ0) is 12.8. The SMILES string of the molecule is Cc1cccc(OCc2ccc(C#CCO)s2)c1. The lowest BCUT2D eigenvalue weighted by Crippen LogP contribution is -1.92. The van der Waals surface area contributed by atoms with Crippen molar-refractivity contribution < 1.29 is 9.84 Å². The highest BCUT2D eigenvalue weighted by Gasteiger charge is 2.00. The Hall–Kier alpha value is -1.76. The van der Waals surface area contributed by atoms with Crippen molar-refractivity contribution in [1.29, 1.82) is 0 Å². The number of ether oxygens (including phenoxy) is 1. The van der Waals surface area contributed by atoms with E-state index in [1.54, 1.807) is 11.3 Å². The van der Waals surface area contributed by atoms with Crippen molar-refractivity contribution in [3.8, 4) is 17.6 Å². The van der Waals surface area contributed by atoms with E-state index in [1.165, 1.54) is 5.56 Å². The molecule has 2 aromatic rings. The van der Waals surface area contributed by atoms with Crippen LogP contribution in [0, 0.1) is 18.8 Å². The summed E-state index contributed by atoms with van der Waals surface area (Å²) in [5.41, 5.74) is 1.19. The number of aryl methyl sites for hydroxylation is 1. The fourth-order valence-electron chi connectivity index (χ4n) is 1.51. The van der Waals surface area contributed by atoms with Gasteiger partial charge in [-0.3, -0.25) is 0 Å². The van der Waals surface area contributed by atoms with Gasteiger partial charge in [-0.05, 0) is 36.8 Å². The summed E-state index contributed by atoms with van der Waals surface area (Å²) >= 11 is 1.59. The Bertz CT molecular complexity index is 575. The Morgan fingerprint density at radius 3 is 2.94 bits per heavy atom. The van der Waals surface area contributed by atoms with Gasteiger partial charge in [-0.25, -0.2) is 0 Å². The maximum Gasteiger partial charge on any atom is 0.122 e. The summed E-state index contributed by atoms with van der Waals surface area (Å²) in [6.45, 7) is 2.49. The number of hydrogen-bond acceptors (Lipinski definition) is 3. The average molecular weight is 258 g/mol. The first-order valence-electron chi connectivity index (χ1n) is 5.66. The third-order valence-electron chi connectivity index (χ3n) is 2.32. The van der Waals surface area contributed by atoms with Crippen LogP contribution in [0.2, 0.25) is 0 Å². The first-order chi connectivity index (χ1) is 8.78. The molecule has 0 aliphatic rings. The van der Waals surface area contributed by atoms with E-state index < -0.39 is 0 Å². The molecular formula is C15H14O2S. The van der Waals surface area contributed by atoms with Crippen LogP contribution in [-0.4, -0.2) is 11.7 Å². The standard InChI is InChI=1S/C15H14O2S/c1-12-4-2-5-13(10-12)17-11-15-8-7-14(18-15)6-3-9-16/h2,4-5,7-8,10,16H,9,11H2,1H3. The third-order valence-corrected chi connectivity index (χ3v) is 3.30.